The van der Waals surface area contributed by atoms with Gasteiger partial charge in [0.2, 0.25) is 12.1 Å². The van der Waals surface area contributed by atoms with Gasteiger partial charge in [0.15, 0.2) is 0 Å². The van der Waals surface area contributed by atoms with E-state index in [1.54, 1.807) is 6.20 Å². The van der Waals surface area contributed by atoms with Crippen molar-refractivity contribution < 1.29 is 23.7 Å². The van der Waals surface area contributed by atoms with E-state index in [2.05, 4.69) is 10.1 Å². The summed E-state index contributed by atoms with van der Waals surface area (Å²) in [5.41, 5.74) is 2.46. The highest BCUT2D eigenvalue weighted by Crippen LogP contribution is 2.23. The zero-order valence-corrected chi connectivity index (χ0v) is 18.7. The molecule has 164 valence electrons. The molecule has 2 heterocycles. The van der Waals surface area contributed by atoms with Gasteiger partial charge in [0, 0.05) is 11.6 Å². The summed E-state index contributed by atoms with van der Waals surface area (Å²) in [4.78, 5) is 15.4. The molecule has 2 aromatic heterocycles. The van der Waals surface area contributed by atoms with Crippen LogP contribution in [0.2, 0.25) is 0 Å². The summed E-state index contributed by atoms with van der Waals surface area (Å²) >= 11 is 0. The van der Waals surface area contributed by atoms with Crippen molar-refractivity contribution in [3.63, 3.8) is 0 Å². The molecule has 4 aromatic rings. The maximum atomic E-state index is 10.8. The van der Waals surface area contributed by atoms with Crippen molar-refractivity contribution in [2.45, 2.75) is 47.8 Å². The molecule has 0 radical (unpaired) electrons. The topological polar surface area (TPSA) is 92.2 Å². The molecule has 7 heteroatoms. The summed E-state index contributed by atoms with van der Waals surface area (Å²) < 4.78 is 13.1. The van der Waals surface area contributed by atoms with Crippen molar-refractivity contribution in [2.24, 2.45) is 0 Å². The lowest BCUT2D eigenvalue weighted by Crippen LogP contribution is -2.38. The Morgan fingerprint density at radius 3 is 2.52 bits per heavy atom. The summed E-state index contributed by atoms with van der Waals surface area (Å²) in [7, 11) is 0. The number of aliphatic carboxylic acids is 1. The van der Waals surface area contributed by atoms with E-state index < -0.39 is 5.97 Å². The highest BCUT2D eigenvalue weighted by molar-refractivity contribution is 5.78. The number of oxazole rings is 1. The van der Waals surface area contributed by atoms with E-state index >= 15 is 0 Å². The molecule has 0 saturated heterocycles. The van der Waals surface area contributed by atoms with Gasteiger partial charge >= 0.3 is 5.97 Å². The van der Waals surface area contributed by atoms with E-state index in [0.29, 0.717) is 17.4 Å². The van der Waals surface area contributed by atoms with Gasteiger partial charge in [-0.05, 0) is 31.2 Å². The zero-order valence-electron chi connectivity index (χ0n) is 18.7. The first-order valence-electron chi connectivity index (χ1n) is 10.5. The number of carbonyl (C=O) groups is 1. The lowest BCUT2D eigenvalue weighted by atomic mass is 10.2. The quantitative estimate of drug-likeness (QED) is 0.418. The average Bonchev–Trinajstić information content (AvgIpc) is 3.37. The van der Waals surface area contributed by atoms with Crippen molar-refractivity contribution >= 4 is 16.9 Å². The van der Waals surface area contributed by atoms with E-state index in [9.17, 15) is 4.79 Å². The van der Waals surface area contributed by atoms with Gasteiger partial charge in [0.25, 0.3) is 6.54 Å². The molecule has 0 atom stereocenters. The minimum atomic E-state index is -0.904. The van der Waals surface area contributed by atoms with Gasteiger partial charge in [-0.2, -0.15) is 5.10 Å². The smallest absolute Gasteiger partial charge is 0.372 e. The normalized spacial score (nSPS) is 9.97. The van der Waals surface area contributed by atoms with Crippen LogP contribution < -0.4 is 9.42 Å². The van der Waals surface area contributed by atoms with Gasteiger partial charge in [0.1, 0.15) is 29.3 Å². The van der Waals surface area contributed by atoms with Crippen LogP contribution in [0.1, 0.15) is 39.1 Å². The third-order valence-corrected chi connectivity index (χ3v) is 4.18. The SMILES string of the molecule is CC.CC.Cc1oc(-c2ccccc2)nc1COc1ccc2c[n+](CC(=O)O)[nH]c2c1. The monoisotopic (exact) mass is 424 g/mol. The van der Waals surface area contributed by atoms with Crippen molar-refractivity contribution in [1.29, 1.82) is 0 Å². The number of hydrogen-bond donors (Lipinski definition) is 2. The number of carboxylic acids is 1. The van der Waals surface area contributed by atoms with E-state index in [1.165, 1.54) is 4.68 Å². The van der Waals surface area contributed by atoms with Gasteiger partial charge in [0.05, 0.1) is 5.39 Å². The van der Waals surface area contributed by atoms with Crippen LogP contribution in [0.25, 0.3) is 22.4 Å². The van der Waals surface area contributed by atoms with E-state index in [4.69, 9.17) is 14.3 Å². The predicted molar refractivity (Wildman–Crippen MR) is 120 cm³/mol. The fourth-order valence-corrected chi connectivity index (χ4v) is 2.84. The number of nitrogens with one attached hydrogen (secondary N) is 1. The number of H-pyrrole nitrogens is 1. The Kier molecular flexibility index (Phi) is 8.81. The largest absolute Gasteiger partial charge is 0.487 e. The number of aromatic amines is 1. The maximum absolute atomic E-state index is 10.8. The molecule has 0 fully saturated rings. The highest BCUT2D eigenvalue weighted by atomic mass is 16.5. The maximum Gasteiger partial charge on any atom is 0.372 e. The number of benzene rings is 2. The Hall–Kier alpha value is -3.61. The lowest BCUT2D eigenvalue weighted by Gasteiger charge is -2.03. The number of nitrogens with zero attached hydrogens (tertiary/aromatic N) is 2. The van der Waals surface area contributed by atoms with Crippen molar-refractivity contribution in [1.82, 2.24) is 10.1 Å². The molecule has 0 saturated carbocycles. The van der Waals surface area contributed by atoms with Crippen molar-refractivity contribution in [2.75, 3.05) is 0 Å². The average molecular weight is 425 g/mol. The van der Waals surface area contributed by atoms with E-state index in [-0.39, 0.29) is 13.2 Å². The van der Waals surface area contributed by atoms with Crippen LogP contribution in [-0.2, 0) is 17.9 Å². The Morgan fingerprint density at radius 2 is 1.84 bits per heavy atom. The summed E-state index contributed by atoms with van der Waals surface area (Å²) in [6.45, 7) is 10.0. The molecule has 2 N–H and O–H groups in total. The standard InChI is InChI=1S/C20H17N3O4.2C2H6/c1-13-18(21-20(27-13)14-5-3-2-4-6-14)12-26-16-8-7-15-10-23(11-19(24)25)22-17(15)9-16;2*1-2/h2-10H,11-12H2,1H3,(H,24,25);2*1-2H3/p+1. The first-order valence-corrected chi connectivity index (χ1v) is 10.5. The molecule has 0 amide bonds. The van der Waals surface area contributed by atoms with Crippen molar-refractivity contribution in [3.05, 3.63) is 66.2 Å². The number of ether oxygens (including phenoxy) is 1. The second kappa shape index (κ2) is 11.5. The summed E-state index contributed by atoms with van der Waals surface area (Å²) in [6.07, 6.45) is 1.75. The minimum absolute atomic E-state index is 0.120. The van der Waals surface area contributed by atoms with Gasteiger partial charge in [-0.1, -0.05) is 45.9 Å². The molecular formula is C24H30N3O4+. The molecule has 0 aliphatic heterocycles. The number of hydrogen-bond acceptors (Lipinski definition) is 4. The number of carboxylic acid groups (broad SMARTS) is 1. The molecule has 0 bridgehead atoms. The number of rotatable bonds is 6. The molecular weight excluding hydrogens is 394 g/mol. The molecule has 0 unspecified atom stereocenters. The minimum Gasteiger partial charge on any atom is -0.487 e. The van der Waals surface area contributed by atoms with Crippen LogP contribution in [-0.4, -0.2) is 21.2 Å². The second-order valence-corrected chi connectivity index (χ2v) is 6.19. The summed E-state index contributed by atoms with van der Waals surface area (Å²) in [6, 6.07) is 15.3. The van der Waals surface area contributed by atoms with Crippen LogP contribution in [0.15, 0.2) is 59.1 Å². The van der Waals surface area contributed by atoms with Crippen LogP contribution in [0.3, 0.4) is 0 Å². The third kappa shape index (κ3) is 6.18. The molecule has 0 aliphatic rings. The number of fused-ring (bicyclic) bond motifs is 1. The molecule has 0 aliphatic carbocycles. The number of aromatic nitrogens is 3. The fraction of sp³-hybridized carbons (Fsp3) is 0.292. The Bertz CT molecular complexity index is 1100. The molecule has 31 heavy (non-hydrogen) atoms. The van der Waals surface area contributed by atoms with Gasteiger partial charge in [-0.3, -0.25) is 0 Å². The Balaban J connectivity index is 0.000000807. The van der Waals surface area contributed by atoms with Gasteiger partial charge in [-0.25, -0.2) is 9.78 Å². The van der Waals surface area contributed by atoms with Crippen LogP contribution >= 0.6 is 0 Å². The first-order chi connectivity index (χ1) is 15.1. The van der Waals surface area contributed by atoms with Crippen LogP contribution in [0.5, 0.6) is 5.75 Å². The van der Waals surface area contributed by atoms with Crippen molar-refractivity contribution in [3.8, 4) is 17.2 Å². The van der Waals surface area contributed by atoms with Gasteiger partial charge in [-0.15, -0.1) is 4.68 Å². The van der Waals surface area contributed by atoms with E-state index in [0.717, 1.165) is 22.2 Å². The van der Waals surface area contributed by atoms with Crippen LogP contribution in [0.4, 0.5) is 0 Å². The summed E-state index contributed by atoms with van der Waals surface area (Å²) in [5, 5.41) is 12.8. The van der Waals surface area contributed by atoms with Gasteiger partial charge < -0.3 is 14.3 Å². The molecule has 4 rings (SSSR count). The first kappa shape index (κ1) is 23.7. The summed E-state index contributed by atoms with van der Waals surface area (Å²) in [5.74, 6) is 1.05. The Morgan fingerprint density at radius 1 is 1.13 bits per heavy atom. The zero-order chi connectivity index (χ0) is 22.8. The van der Waals surface area contributed by atoms with E-state index in [1.807, 2.05) is 83.1 Å². The predicted octanol–water partition coefficient (Wildman–Crippen LogP) is 5.13. The molecule has 2 aromatic carbocycles. The third-order valence-electron chi connectivity index (χ3n) is 4.18. The van der Waals surface area contributed by atoms with Crippen LogP contribution in [0, 0.1) is 6.92 Å². The highest BCUT2D eigenvalue weighted by Gasteiger charge is 2.14. The Labute approximate surface area is 182 Å². The molecule has 7 nitrogen and oxygen atoms in total. The lowest BCUT2D eigenvalue weighted by molar-refractivity contribution is -0.737. The number of aryl methyl sites for hydroxylation is 1. The second-order valence-electron chi connectivity index (χ2n) is 6.19. The molecule has 0 spiro atoms. The fourth-order valence-electron chi connectivity index (χ4n) is 2.84.